The number of benzene rings is 1. The number of carbonyl (C=O) groups is 1. The molecule has 1 heterocycles. The number of Topliss-reactive ketones (excluding diaryl/α,β-unsaturated/α-hetero) is 1. The van der Waals surface area contributed by atoms with E-state index in [1.807, 2.05) is 24.3 Å². The molecule has 1 aromatic heterocycles. The molecule has 3 rings (SSSR count). The van der Waals surface area contributed by atoms with Crippen LogP contribution >= 0.6 is 11.6 Å². The molecule has 1 aliphatic carbocycles. The third-order valence-corrected chi connectivity index (χ3v) is 2.97. The van der Waals surface area contributed by atoms with Gasteiger partial charge < -0.3 is 0 Å². The summed E-state index contributed by atoms with van der Waals surface area (Å²) in [4.78, 5) is 16.2. The van der Waals surface area contributed by atoms with E-state index in [9.17, 15) is 4.79 Å². The molecule has 0 bridgehead atoms. The predicted octanol–water partition coefficient (Wildman–Crippen LogP) is 3.40. The van der Waals surface area contributed by atoms with Gasteiger partial charge in [-0.25, -0.2) is 0 Å². The van der Waals surface area contributed by atoms with Crippen LogP contribution in [0.25, 0.3) is 16.8 Å². The third kappa shape index (κ3) is 1.34. The number of carbonyl (C=O) groups excluding carboxylic acids is 1. The van der Waals surface area contributed by atoms with Crippen LogP contribution in [0.5, 0.6) is 0 Å². The van der Waals surface area contributed by atoms with Crippen molar-refractivity contribution in [1.29, 1.82) is 0 Å². The molecule has 3 heteroatoms. The molecule has 0 saturated heterocycles. The summed E-state index contributed by atoms with van der Waals surface area (Å²) in [6.07, 6.45) is 3.82. The maximum atomic E-state index is 11.9. The molecule has 0 atom stereocenters. The number of hydrogen-bond donors (Lipinski definition) is 0. The van der Waals surface area contributed by atoms with Gasteiger partial charge in [-0.05, 0) is 11.5 Å². The molecule has 1 aromatic carbocycles. The summed E-state index contributed by atoms with van der Waals surface area (Å²) >= 11 is 5.89. The lowest BCUT2D eigenvalue weighted by Crippen LogP contribution is -2.08. The van der Waals surface area contributed by atoms with E-state index in [2.05, 4.69) is 4.98 Å². The Morgan fingerprint density at radius 2 is 2.06 bits per heavy atom. The normalized spacial score (nSPS) is 14.8. The first-order valence-corrected chi connectivity index (χ1v) is 5.40. The number of aromatic nitrogens is 1. The summed E-state index contributed by atoms with van der Waals surface area (Å²) in [5, 5.41) is 2.50. The highest BCUT2D eigenvalue weighted by Crippen LogP contribution is 2.29. The molecule has 0 unspecified atom stereocenters. The van der Waals surface area contributed by atoms with Crippen molar-refractivity contribution < 1.29 is 4.79 Å². The average Bonchev–Trinajstić information content (AvgIpc) is 2.28. The minimum Gasteiger partial charge on any atom is -0.294 e. The Kier molecular flexibility index (Phi) is 2.04. The Balaban J connectivity index is 2.43. The largest absolute Gasteiger partial charge is 0.294 e. The van der Waals surface area contributed by atoms with Crippen molar-refractivity contribution in [1.82, 2.24) is 4.98 Å². The van der Waals surface area contributed by atoms with Crippen molar-refractivity contribution >= 4 is 34.2 Å². The number of halogens is 1. The number of pyridine rings is 1. The van der Waals surface area contributed by atoms with Gasteiger partial charge in [0.15, 0.2) is 5.78 Å². The van der Waals surface area contributed by atoms with Crippen LogP contribution in [0.1, 0.15) is 22.5 Å². The maximum Gasteiger partial charge on any atom is 0.170 e. The Hall–Kier alpha value is -1.67. The van der Waals surface area contributed by atoms with E-state index >= 15 is 0 Å². The highest BCUT2D eigenvalue weighted by atomic mass is 35.5. The zero-order chi connectivity index (χ0) is 11.1. The van der Waals surface area contributed by atoms with Crippen LogP contribution in [-0.2, 0) is 0 Å². The van der Waals surface area contributed by atoms with Crippen LogP contribution in [-0.4, -0.2) is 10.8 Å². The lowest BCUT2D eigenvalue weighted by Gasteiger charge is -2.13. The molecule has 0 aliphatic heterocycles. The zero-order valence-corrected chi connectivity index (χ0v) is 9.16. The molecule has 0 amide bonds. The van der Waals surface area contributed by atoms with Crippen LogP contribution in [0.4, 0.5) is 0 Å². The fourth-order valence-corrected chi connectivity index (χ4v) is 2.25. The number of hydrogen-bond acceptors (Lipinski definition) is 2. The molecule has 2 nitrogen and oxygen atoms in total. The lowest BCUT2D eigenvalue weighted by atomic mass is 9.95. The molecular formula is C13H8ClNO. The molecule has 2 aromatic rings. The molecule has 1 aliphatic rings. The Morgan fingerprint density at radius 1 is 1.25 bits per heavy atom. The molecule has 0 saturated carbocycles. The van der Waals surface area contributed by atoms with E-state index < -0.39 is 0 Å². The van der Waals surface area contributed by atoms with Gasteiger partial charge in [-0.1, -0.05) is 35.9 Å². The van der Waals surface area contributed by atoms with E-state index in [1.165, 1.54) is 0 Å². The second-order valence-electron chi connectivity index (χ2n) is 3.80. The van der Waals surface area contributed by atoms with Crippen LogP contribution < -0.4 is 0 Å². The lowest BCUT2D eigenvalue weighted by molar-refractivity contribution is 0.0994. The van der Waals surface area contributed by atoms with Gasteiger partial charge in [0.2, 0.25) is 0 Å². The smallest absolute Gasteiger partial charge is 0.170 e. The first-order chi connectivity index (χ1) is 7.75. The number of allylic oxidation sites excluding steroid dienone is 1. The van der Waals surface area contributed by atoms with E-state index in [0.29, 0.717) is 16.3 Å². The Morgan fingerprint density at radius 3 is 2.94 bits per heavy atom. The highest BCUT2D eigenvalue weighted by molar-refractivity contribution is 6.35. The van der Waals surface area contributed by atoms with Crippen molar-refractivity contribution in [2.45, 2.75) is 6.42 Å². The quantitative estimate of drug-likeness (QED) is 0.693. The second-order valence-corrected chi connectivity index (χ2v) is 4.28. The summed E-state index contributed by atoms with van der Waals surface area (Å²) in [7, 11) is 0. The summed E-state index contributed by atoms with van der Waals surface area (Å²) in [6, 6.07) is 7.76. The summed E-state index contributed by atoms with van der Waals surface area (Å²) < 4.78 is 0. The zero-order valence-electron chi connectivity index (χ0n) is 8.40. The summed E-state index contributed by atoms with van der Waals surface area (Å²) in [5.74, 6) is 0.0480. The number of rotatable bonds is 0. The van der Waals surface area contributed by atoms with Gasteiger partial charge >= 0.3 is 0 Å². The van der Waals surface area contributed by atoms with Gasteiger partial charge in [-0.3, -0.25) is 9.78 Å². The molecular weight excluding hydrogens is 222 g/mol. The summed E-state index contributed by atoms with van der Waals surface area (Å²) in [6.45, 7) is 0. The Labute approximate surface area is 97.6 Å². The second kappa shape index (κ2) is 3.42. The first kappa shape index (κ1) is 9.55. The monoisotopic (exact) mass is 229 g/mol. The SMILES string of the molecule is O=C1CC(Cl)=Cc2ncc3ccccc3c21. The van der Waals surface area contributed by atoms with Gasteiger partial charge in [0.25, 0.3) is 0 Å². The van der Waals surface area contributed by atoms with Gasteiger partial charge in [-0.15, -0.1) is 0 Å². The predicted molar refractivity (Wildman–Crippen MR) is 64.5 cm³/mol. The van der Waals surface area contributed by atoms with Gasteiger partial charge in [0.1, 0.15) is 0 Å². The van der Waals surface area contributed by atoms with Crippen LogP contribution in [0.15, 0.2) is 35.5 Å². The molecule has 78 valence electrons. The molecule has 0 fully saturated rings. The van der Waals surface area contributed by atoms with Crippen LogP contribution in [0.2, 0.25) is 0 Å². The fraction of sp³-hybridized carbons (Fsp3) is 0.0769. The number of ketones is 1. The maximum absolute atomic E-state index is 11.9. The van der Waals surface area contributed by atoms with Crippen molar-refractivity contribution in [2.75, 3.05) is 0 Å². The molecule has 0 radical (unpaired) electrons. The minimum absolute atomic E-state index is 0.0480. The highest BCUT2D eigenvalue weighted by Gasteiger charge is 2.20. The van der Waals surface area contributed by atoms with Crippen LogP contribution in [0.3, 0.4) is 0 Å². The first-order valence-electron chi connectivity index (χ1n) is 5.03. The van der Waals surface area contributed by atoms with Gasteiger partial charge in [-0.2, -0.15) is 0 Å². The van der Waals surface area contributed by atoms with Crippen molar-refractivity contribution in [3.05, 3.63) is 46.8 Å². The van der Waals surface area contributed by atoms with E-state index in [4.69, 9.17) is 11.6 Å². The number of fused-ring (bicyclic) bond motifs is 3. The third-order valence-electron chi connectivity index (χ3n) is 2.73. The van der Waals surface area contributed by atoms with E-state index in [0.717, 1.165) is 10.8 Å². The molecule has 0 spiro atoms. The molecule has 16 heavy (non-hydrogen) atoms. The summed E-state index contributed by atoms with van der Waals surface area (Å²) in [5.41, 5.74) is 1.38. The van der Waals surface area contributed by atoms with E-state index in [1.54, 1.807) is 12.3 Å². The topological polar surface area (TPSA) is 30.0 Å². The Bertz CT molecular complexity index is 631. The standard InChI is InChI=1S/C13H8ClNO/c14-9-5-11-13(12(16)6-9)10-4-2-1-3-8(10)7-15-11/h1-5,7H,6H2. The van der Waals surface area contributed by atoms with Crippen LogP contribution in [0, 0.1) is 0 Å². The molecule has 0 N–H and O–H groups in total. The average molecular weight is 230 g/mol. The van der Waals surface area contributed by atoms with Crippen molar-refractivity contribution in [3.8, 4) is 0 Å². The minimum atomic E-state index is 0.0480. The fourth-order valence-electron chi connectivity index (χ4n) is 2.02. The van der Waals surface area contributed by atoms with Crippen molar-refractivity contribution in [3.63, 3.8) is 0 Å². The van der Waals surface area contributed by atoms with Crippen molar-refractivity contribution in [2.24, 2.45) is 0 Å². The van der Waals surface area contributed by atoms with E-state index in [-0.39, 0.29) is 12.2 Å². The van der Waals surface area contributed by atoms with Gasteiger partial charge in [0.05, 0.1) is 11.3 Å². The number of nitrogens with zero attached hydrogens (tertiary/aromatic N) is 1. The van der Waals surface area contributed by atoms with Gasteiger partial charge in [0, 0.05) is 23.0 Å².